The molecular weight excluding hydrogens is 278 g/mol. The highest BCUT2D eigenvalue weighted by molar-refractivity contribution is 7.90. The molecule has 6 heteroatoms. The fourth-order valence-electron chi connectivity index (χ4n) is 2.07. The summed E-state index contributed by atoms with van der Waals surface area (Å²) >= 11 is 0. The van der Waals surface area contributed by atoms with Crippen molar-refractivity contribution in [2.45, 2.75) is 18.7 Å². The van der Waals surface area contributed by atoms with Gasteiger partial charge in [0.15, 0.2) is 0 Å². The van der Waals surface area contributed by atoms with Gasteiger partial charge in [0.05, 0.1) is 14.2 Å². The second-order valence-electron chi connectivity index (χ2n) is 4.48. The van der Waals surface area contributed by atoms with Crippen molar-refractivity contribution in [2.24, 2.45) is 0 Å². The molecule has 0 amide bonds. The molecular formula is C14H17NO4S. The number of rotatable bonds is 4. The van der Waals surface area contributed by atoms with Crippen molar-refractivity contribution in [3.05, 3.63) is 41.7 Å². The summed E-state index contributed by atoms with van der Waals surface area (Å²) in [7, 11) is -0.784. The first-order valence-electron chi connectivity index (χ1n) is 6.03. The lowest BCUT2D eigenvalue weighted by molar-refractivity contribution is 0.392. The molecule has 5 nitrogen and oxygen atoms in total. The van der Waals surface area contributed by atoms with Crippen LogP contribution in [0.4, 0.5) is 0 Å². The summed E-state index contributed by atoms with van der Waals surface area (Å²) in [6.45, 7) is 3.60. The van der Waals surface area contributed by atoms with Gasteiger partial charge in [-0.1, -0.05) is 0 Å². The lowest BCUT2D eigenvalue weighted by Gasteiger charge is -2.13. The van der Waals surface area contributed by atoms with E-state index in [2.05, 4.69) is 0 Å². The second kappa shape index (κ2) is 5.20. The van der Waals surface area contributed by atoms with E-state index in [0.29, 0.717) is 11.4 Å². The standard InChI is InChI=1S/C14H17NO4S/c1-10-7-11(2)15(9-10)20(16,17)14-8-12(18-3)5-6-13(14)19-4/h5-9H,1-4H3. The van der Waals surface area contributed by atoms with Gasteiger partial charge in [0.25, 0.3) is 10.0 Å². The number of hydrogen-bond donors (Lipinski definition) is 0. The molecule has 0 aliphatic carbocycles. The van der Waals surface area contributed by atoms with E-state index in [9.17, 15) is 8.42 Å². The van der Waals surface area contributed by atoms with E-state index in [1.165, 1.54) is 24.3 Å². The summed E-state index contributed by atoms with van der Waals surface area (Å²) in [5, 5.41) is 0. The van der Waals surface area contributed by atoms with Crippen LogP contribution in [0.1, 0.15) is 11.3 Å². The van der Waals surface area contributed by atoms with Crippen LogP contribution in [0.25, 0.3) is 0 Å². The minimum absolute atomic E-state index is 0.0815. The first-order chi connectivity index (χ1) is 9.40. The maximum absolute atomic E-state index is 12.7. The van der Waals surface area contributed by atoms with Gasteiger partial charge < -0.3 is 9.47 Å². The van der Waals surface area contributed by atoms with Gasteiger partial charge in [-0.3, -0.25) is 0 Å². The molecule has 1 heterocycles. The van der Waals surface area contributed by atoms with Crippen molar-refractivity contribution in [3.8, 4) is 11.5 Å². The molecule has 0 bridgehead atoms. The summed E-state index contributed by atoms with van der Waals surface area (Å²) in [6.07, 6.45) is 1.59. The quantitative estimate of drug-likeness (QED) is 0.869. The van der Waals surface area contributed by atoms with Crippen LogP contribution in [0.2, 0.25) is 0 Å². The van der Waals surface area contributed by atoms with Gasteiger partial charge in [0, 0.05) is 18.0 Å². The maximum atomic E-state index is 12.7. The van der Waals surface area contributed by atoms with Crippen LogP contribution in [0, 0.1) is 13.8 Å². The molecule has 2 aromatic rings. The van der Waals surface area contributed by atoms with E-state index in [4.69, 9.17) is 9.47 Å². The fourth-order valence-corrected chi connectivity index (χ4v) is 3.69. The molecule has 0 fully saturated rings. The van der Waals surface area contributed by atoms with Crippen LogP contribution in [0.3, 0.4) is 0 Å². The Morgan fingerprint density at radius 3 is 2.25 bits per heavy atom. The summed E-state index contributed by atoms with van der Waals surface area (Å²) in [4.78, 5) is 0.0815. The average Bonchev–Trinajstić information content (AvgIpc) is 2.77. The number of nitrogens with zero attached hydrogens (tertiary/aromatic N) is 1. The maximum Gasteiger partial charge on any atom is 0.271 e. The predicted octanol–water partition coefficient (Wildman–Crippen LogP) is 2.36. The Kier molecular flexibility index (Phi) is 3.76. The summed E-state index contributed by atoms with van der Waals surface area (Å²) < 4.78 is 37.0. The van der Waals surface area contributed by atoms with Crippen molar-refractivity contribution < 1.29 is 17.9 Å². The number of hydrogen-bond acceptors (Lipinski definition) is 4. The van der Waals surface area contributed by atoms with Gasteiger partial charge in [-0.2, -0.15) is 0 Å². The first-order valence-corrected chi connectivity index (χ1v) is 7.47. The molecule has 0 spiro atoms. The van der Waals surface area contributed by atoms with E-state index in [0.717, 1.165) is 5.56 Å². The SMILES string of the molecule is COc1ccc(OC)c(S(=O)(=O)n2cc(C)cc2C)c1. The topological polar surface area (TPSA) is 57.5 Å². The van der Waals surface area contributed by atoms with Crippen molar-refractivity contribution in [2.75, 3.05) is 14.2 Å². The molecule has 0 saturated carbocycles. The monoisotopic (exact) mass is 295 g/mol. The molecule has 0 aliphatic heterocycles. The third-order valence-electron chi connectivity index (χ3n) is 3.01. The van der Waals surface area contributed by atoms with E-state index >= 15 is 0 Å². The van der Waals surface area contributed by atoms with E-state index in [1.54, 1.807) is 25.3 Å². The number of benzene rings is 1. The highest BCUT2D eigenvalue weighted by Crippen LogP contribution is 2.30. The van der Waals surface area contributed by atoms with Crippen LogP contribution in [0.15, 0.2) is 35.4 Å². The van der Waals surface area contributed by atoms with Crippen LogP contribution in [0.5, 0.6) is 11.5 Å². The number of aryl methyl sites for hydroxylation is 2. The molecule has 0 atom stereocenters. The minimum atomic E-state index is -3.71. The lowest BCUT2D eigenvalue weighted by atomic mass is 10.3. The van der Waals surface area contributed by atoms with Crippen molar-refractivity contribution >= 4 is 10.0 Å². The van der Waals surface area contributed by atoms with E-state index in [1.807, 2.05) is 13.0 Å². The first kappa shape index (κ1) is 14.5. The lowest BCUT2D eigenvalue weighted by Crippen LogP contribution is -2.14. The summed E-state index contributed by atoms with van der Waals surface area (Å²) in [5.41, 5.74) is 1.53. The summed E-state index contributed by atoms with van der Waals surface area (Å²) in [5.74, 6) is 0.752. The fraction of sp³-hybridized carbons (Fsp3) is 0.286. The Morgan fingerprint density at radius 1 is 1.05 bits per heavy atom. The molecule has 0 N–H and O–H groups in total. The molecule has 0 radical (unpaired) electrons. The van der Waals surface area contributed by atoms with Gasteiger partial charge >= 0.3 is 0 Å². The van der Waals surface area contributed by atoms with E-state index < -0.39 is 10.0 Å². The van der Waals surface area contributed by atoms with Gasteiger partial charge in [0.1, 0.15) is 16.4 Å². The zero-order valence-corrected chi connectivity index (χ0v) is 12.7. The Hall–Kier alpha value is -1.95. The smallest absolute Gasteiger partial charge is 0.271 e. The largest absolute Gasteiger partial charge is 0.497 e. The predicted molar refractivity (Wildman–Crippen MR) is 76.0 cm³/mol. The third-order valence-corrected chi connectivity index (χ3v) is 4.80. The molecule has 2 rings (SSSR count). The van der Waals surface area contributed by atoms with Crippen LogP contribution in [-0.4, -0.2) is 26.6 Å². The van der Waals surface area contributed by atoms with Gasteiger partial charge in [-0.25, -0.2) is 12.4 Å². The highest BCUT2D eigenvalue weighted by atomic mass is 32.2. The highest BCUT2D eigenvalue weighted by Gasteiger charge is 2.23. The molecule has 1 aromatic carbocycles. The van der Waals surface area contributed by atoms with Gasteiger partial charge in [-0.15, -0.1) is 0 Å². The van der Waals surface area contributed by atoms with E-state index in [-0.39, 0.29) is 10.6 Å². The van der Waals surface area contributed by atoms with Gasteiger partial charge in [0.2, 0.25) is 0 Å². The van der Waals surface area contributed by atoms with Crippen molar-refractivity contribution in [1.82, 2.24) is 3.97 Å². The normalized spacial score (nSPS) is 11.4. The Balaban J connectivity index is 2.68. The Labute approximate surface area is 118 Å². The van der Waals surface area contributed by atoms with Crippen molar-refractivity contribution in [1.29, 1.82) is 0 Å². The minimum Gasteiger partial charge on any atom is -0.497 e. The number of ether oxygens (including phenoxy) is 2. The molecule has 20 heavy (non-hydrogen) atoms. The number of aromatic nitrogens is 1. The van der Waals surface area contributed by atoms with Gasteiger partial charge in [-0.05, 0) is 37.6 Å². The van der Waals surface area contributed by atoms with Crippen molar-refractivity contribution in [3.63, 3.8) is 0 Å². The average molecular weight is 295 g/mol. The molecule has 108 valence electrons. The molecule has 0 saturated heterocycles. The Morgan fingerprint density at radius 2 is 1.75 bits per heavy atom. The zero-order valence-electron chi connectivity index (χ0n) is 11.9. The zero-order chi connectivity index (χ0) is 14.9. The third kappa shape index (κ3) is 2.38. The van der Waals surface area contributed by atoms with Crippen LogP contribution >= 0.6 is 0 Å². The second-order valence-corrected chi connectivity index (χ2v) is 6.26. The summed E-state index contributed by atoms with van der Waals surface area (Å²) in [6, 6.07) is 6.51. The molecule has 1 aromatic heterocycles. The molecule has 0 unspecified atom stereocenters. The number of methoxy groups -OCH3 is 2. The van der Waals surface area contributed by atoms with Crippen LogP contribution in [-0.2, 0) is 10.0 Å². The Bertz CT molecular complexity index is 732. The van der Waals surface area contributed by atoms with Crippen LogP contribution < -0.4 is 9.47 Å². The molecule has 0 aliphatic rings.